The van der Waals surface area contributed by atoms with Crippen LogP contribution in [-0.4, -0.2) is 4.98 Å². The van der Waals surface area contributed by atoms with Crippen molar-refractivity contribution in [2.45, 2.75) is 24.1 Å². The van der Waals surface area contributed by atoms with Crippen LogP contribution in [-0.2, 0) is 5.33 Å². The Bertz CT molecular complexity index is 502. The largest absolute Gasteiger partial charge is 0.241 e. The molecule has 1 fully saturated rings. The van der Waals surface area contributed by atoms with E-state index in [9.17, 15) is 0 Å². The van der Waals surface area contributed by atoms with E-state index in [4.69, 9.17) is 4.98 Å². The molecule has 0 amide bonds. The summed E-state index contributed by atoms with van der Waals surface area (Å²) in [5.74, 6) is 0.759. The molecule has 0 spiro atoms. The van der Waals surface area contributed by atoms with Crippen LogP contribution < -0.4 is 0 Å². The van der Waals surface area contributed by atoms with Gasteiger partial charge in [-0.15, -0.1) is 11.3 Å². The Kier molecular flexibility index (Phi) is 2.82. The number of hydrogen-bond acceptors (Lipinski definition) is 2. The molecular weight excluding hydrogens is 282 g/mol. The standard InChI is InChI=1S/C13H12BrNS/c14-7-10-3-1-2-4-11(10)12-8-16-13(15-12)9-5-6-9/h1-4,8-9H,5-7H2. The van der Waals surface area contributed by atoms with E-state index >= 15 is 0 Å². The van der Waals surface area contributed by atoms with E-state index in [1.54, 1.807) is 0 Å². The summed E-state index contributed by atoms with van der Waals surface area (Å²) in [5, 5.41) is 4.40. The molecule has 0 bridgehead atoms. The lowest BCUT2D eigenvalue weighted by Crippen LogP contribution is -1.86. The highest BCUT2D eigenvalue weighted by Gasteiger charge is 2.26. The third kappa shape index (κ3) is 1.94. The van der Waals surface area contributed by atoms with Crippen LogP contribution in [0.5, 0.6) is 0 Å². The van der Waals surface area contributed by atoms with Gasteiger partial charge in [-0.1, -0.05) is 40.2 Å². The zero-order chi connectivity index (χ0) is 11.0. The van der Waals surface area contributed by atoms with Crippen molar-refractivity contribution in [3.8, 4) is 11.3 Å². The second kappa shape index (κ2) is 4.30. The maximum atomic E-state index is 4.75. The molecule has 1 aliphatic rings. The highest BCUT2D eigenvalue weighted by molar-refractivity contribution is 9.08. The van der Waals surface area contributed by atoms with Gasteiger partial charge in [-0.2, -0.15) is 0 Å². The first kappa shape index (κ1) is 10.5. The Morgan fingerprint density at radius 2 is 2.12 bits per heavy atom. The number of thiazole rings is 1. The summed E-state index contributed by atoms with van der Waals surface area (Å²) < 4.78 is 0. The van der Waals surface area contributed by atoms with Gasteiger partial charge in [-0.3, -0.25) is 0 Å². The van der Waals surface area contributed by atoms with E-state index in [0.717, 1.165) is 16.9 Å². The maximum absolute atomic E-state index is 4.75. The van der Waals surface area contributed by atoms with Crippen molar-refractivity contribution in [2.75, 3.05) is 0 Å². The van der Waals surface area contributed by atoms with E-state index in [0.29, 0.717) is 0 Å². The number of halogens is 1. The maximum Gasteiger partial charge on any atom is 0.0963 e. The molecule has 1 heterocycles. The Morgan fingerprint density at radius 1 is 1.31 bits per heavy atom. The number of hydrogen-bond donors (Lipinski definition) is 0. The SMILES string of the molecule is BrCc1ccccc1-c1csc(C2CC2)n1. The van der Waals surface area contributed by atoms with Gasteiger partial charge in [0.15, 0.2) is 0 Å². The van der Waals surface area contributed by atoms with Crippen molar-refractivity contribution in [2.24, 2.45) is 0 Å². The van der Waals surface area contributed by atoms with Crippen LogP contribution in [0.4, 0.5) is 0 Å². The van der Waals surface area contributed by atoms with Crippen LogP contribution in [0, 0.1) is 0 Å². The molecular formula is C13H12BrNS. The lowest BCUT2D eigenvalue weighted by atomic mass is 10.1. The van der Waals surface area contributed by atoms with Crippen molar-refractivity contribution >= 4 is 27.3 Å². The summed E-state index contributed by atoms with van der Waals surface area (Å²) in [6.07, 6.45) is 2.65. The minimum atomic E-state index is 0.759. The molecule has 0 unspecified atom stereocenters. The van der Waals surface area contributed by atoms with Crippen molar-refractivity contribution in [3.63, 3.8) is 0 Å². The van der Waals surface area contributed by atoms with Crippen LogP contribution in [0.25, 0.3) is 11.3 Å². The number of alkyl halides is 1. The van der Waals surface area contributed by atoms with Crippen molar-refractivity contribution < 1.29 is 0 Å². The van der Waals surface area contributed by atoms with Gasteiger partial charge in [0.2, 0.25) is 0 Å². The fourth-order valence-electron chi connectivity index (χ4n) is 1.82. The molecule has 0 saturated heterocycles. The first-order valence-corrected chi connectivity index (χ1v) is 7.48. The van der Waals surface area contributed by atoms with Crippen molar-refractivity contribution in [3.05, 3.63) is 40.2 Å². The average Bonchev–Trinajstić information content (AvgIpc) is 3.07. The summed E-state index contributed by atoms with van der Waals surface area (Å²) in [4.78, 5) is 4.75. The lowest BCUT2D eigenvalue weighted by molar-refractivity contribution is 1.08. The highest BCUT2D eigenvalue weighted by atomic mass is 79.9. The van der Waals surface area contributed by atoms with Crippen molar-refractivity contribution in [1.82, 2.24) is 4.98 Å². The fraction of sp³-hybridized carbons (Fsp3) is 0.308. The smallest absolute Gasteiger partial charge is 0.0963 e. The molecule has 1 aliphatic carbocycles. The van der Waals surface area contributed by atoms with Crippen LogP contribution in [0.1, 0.15) is 29.3 Å². The molecule has 0 atom stereocenters. The van der Waals surface area contributed by atoms with E-state index in [-0.39, 0.29) is 0 Å². The minimum absolute atomic E-state index is 0.759. The molecule has 1 aromatic heterocycles. The average molecular weight is 294 g/mol. The van der Waals surface area contributed by atoms with E-state index in [1.165, 1.54) is 29.0 Å². The molecule has 2 aromatic rings. The molecule has 1 nitrogen and oxygen atoms in total. The monoisotopic (exact) mass is 293 g/mol. The second-order valence-electron chi connectivity index (χ2n) is 4.14. The topological polar surface area (TPSA) is 12.9 Å². The van der Waals surface area contributed by atoms with Gasteiger partial charge in [0.05, 0.1) is 10.7 Å². The van der Waals surface area contributed by atoms with Gasteiger partial charge in [0, 0.05) is 22.2 Å². The molecule has 0 N–H and O–H groups in total. The Morgan fingerprint density at radius 3 is 2.88 bits per heavy atom. The van der Waals surface area contributed by atoms with E-state index < -0.39 is 0 Å². The Balaban J connectivity index is 2.00. The van der Waals surface area contributed by atoms with Gasteiger partial charge in [-0.25, -0.2) is 4.98 Å². The molecule has 3 rings (SSSR count). The van der Waals surface area contributed by atoms with Gasteiger partial charge in [0.1, 0.15) is 0 Å². The van der Waals surface area contributed by atoms with E-state index in [2.05, 4.69) is 45.6 Å². The predicted molar refractivity (Wildman–Crippen MR) is 72.2 cm³/mol. The zero-order valence-electron chi connectivity index (χ0n) is 8.82. The first-order valence-electron chi connectivity index (χ1n) is 5.48. The van der Waals surface area contributed by atoms with Crippen molar-refractivity contribution in [1.29, 1.82) is 0 Å². The first-order chi connectivity index (χ1) is 7.88. The Hall–Kier alpha value is -0.670. The quantitative estimate of drug-likeness (QED) is 0.755. The molecule has 1 saturated carbocycles. The Labute approximate surface area is 108 Å². The molecule has 0 radical (unpaired) electrons. The van der Waals surface area contributed by atoms with Crippen LogP contribution in [0.3, 0.4) is 0 Å². The van der Waals surface area contributed by atoms with E-state index in [1.807, 2.05) is 11.3 Å². The molecule has 3 heteroatoms. The van der Waals surface area contributed by atoms with Gasteiger partial charge in [0.25, 0.3) is 0 Å². The number of benzene rings is 1. The molecule has 16 heavy (non-hydrogen) atoms. The van der Waals surface area contributed by atoms with Crippen LogP contribution >= 0.6 is 27.3 Å². The number of nitrogens with zero attached hydrogens (tertiary/aromatic N) is 1. The summed E-state index contributed by atoms with van der Waals surface area (Å²) in [6, 6.07) is 8.47. The zero-order valence-corrected chi connectivity index (χ0v) is 11.2. The molecule has 82 valence electrons. The summed E-state index contributed by atoms with van der Waals surface area (Å²) in [7, 11) is 0. The molecule has 1 aromatic carbocycles. The van der Waals surface area contributed by atoms with Gasteiger partial charge < -0.3 is 0 Å². The fourth-order valence-corrected chi connectivity index (χ4v) is 3.30. The minimum Gasteiger partial charge on any atom is -0.241 e. The summed E-state index contributed by atoms with van der Waals surface area (Å²) in [6.45, 7) is 0. The number of aromatic nitrogens is 1. The van der Waals surface area contributed by atoms with Crippen LogP contribution in [0.2, 0.25) is 0 Å². The second-order valence-corrected chi connectivity index (χ2v) is 5.59. The predicted octanol–water partition coefficient (Wildman–Crippen LogP) is 4.58. The number of rotatable bonds is 3. The lowest BCUT2D eigenvalue weighted by Gasteiger charge is -2.03. The third-order valence-corrected chi connectivity index (χ3v) is 4.50. The van der Waals surface area contributed by atoms with Gasteiger partial charge >= 0.3 is 0 Å². The highest BCUT2D eigenvalue weighted by Crippen LogP contribution is 2.42. The normalized spacial score (nSPS) is 15.3. The van der Waals surface area contributed by atoms with Crippen LogP contribution in [0.15, 0.2) is 29.6 Å². The summed E-state index contributed by atoms with van der Waals surface area (Å²) >= 11 is 5.34. The third-order valence-electron chi connectivity index (χ3n) is 2.89. The summed E-state index contributed by atoms with van der Waals surface area (Å²) in [5.41, 5.74) is 3.72. The molecule has 0 aliphatic heterocycles. The van der Waals surface area contributed by atoms with Gasteiger partial charge in [-0.05, 0) is 18.4 Å².